The summed E-state index contributed by atoms with van der Waals surface area (Å²) in [6.45, 7) is 3.77. The lowest BCUT2D eigenvalue weighted by atomic mass is 10.2. The van der Waals surface area contributed by atoms with Gasteiger partial charge in [-0.3, -0.25) is 9.69 Å². The van der Waals surface area contributed by atoms with Crippen LogP contribution in [0.2, 0.25) is 5.02 Å². The van der Waals surface area contributed by atoms with Crippen molar-refractivity contribution in [3.05, 3.63) is 53.6 Å². The van der Waals surface area contributed by atoms with E-state index >= 15 is 0 Å². The molecule has 0 unspecified atom stereocenters. The number of carbonyl (C=O) groups is 1. The standard InChI is InChI=1S/C17H15ClN2OS/c1-11(2)16(21)20(13-9-7-12(18)8-10-13)17-19-14-5-3-4-6-15(14)22-17/h3-11H,1-2H3. The highest BCUT2D eigenvalue weighted by Gasteiger charge is 2.23. The van der Waals surface area contributed by atoms with Crippen molar-refractivity contribution in [2.45, 2.75) is 13.8 Å². The SMILES string of the molecule is CC(C)C(=O)N(c1ccc(Cl)cc1)c1nc2ccccc2s1. The summed E-state index contributed by atoms with van der Waals surface area (Å²) in [4.78, 5) is 18.9. The summed E-state index contributed by atoms with van der Waals surface area (Å²) in [6, 6.07) is 15.1. The van der Waals surface area contributed by atoms with Gasteiger partial charge in [0.15, 0.2) is 5.13 Å². The molecule has 0 fully saturated rings. The molecule has 2 aromatic carbocycles. The van der Waals surface area contributed by atoms with Crippen molar-refractivity contribution in [3.63, 3.8) is 0 Å². The maximum absolute atomic E-state index is 12.7. The molecule has 112 valence electrons. The van der Waals surface area contributed by atoms with E-state index in [0.717, 1.165) is 15.9 Å². The van der Waals surface area contributed by atoms with Gasteiger partial charge in [0.25, 0.3) is 0 Å². The molecule has 3 aromatic rings. The Balaban J connectivity index is 2.12. The van der Waals surface area contributed by atoms with Gasteiger partial charge in [-0.25, -0.2) is 4.98 Å². The van der Waals surface area contributed by atoms with Crippen LogP contribution in [0.5, 0.6) is 0 Å². The number of amides is 1. The van der Waals surface area contributed by atoms with E-state index in [0.29, 0.717) is 10.2 Å². The number of benzene rings is 2. The predicted octanol–water partition coefficient (Wildman–Crippen LogP) is 5.27. The van der Waals surface area contributed by atoms with E-state index in [4.69, 9.17) is 11.6 Å². The molecule has 0 aliphatic carbocycles. The number of fused-ring (bicyclic) bond motifs is 1. The number of carbonyl (C=O) groups excluding carboxylic acids is 1. The average Bonchev–Trinajstić information content (AvgIpc) is 2.92. The summed E-state index contributed by atoms with van der Waals surface area (Å²) >= 11 is 7.46. The molecule has 0 aliphatic heterocycles. The van der Waals surface area contributed by atoms with Crippen LogP contribution < -0.4 is 4.90 Å². The van der Waals surface area contributed by atoms with Crippen LogP contribution in [0, 0.1) is 5.92 Å². The van der Waals surface area contributed by atoms with Crippen molar-refractivity contribution in [2.24, 2.45) is 5.92 Å². The Labute approximate surface area is 138 Å². The maximum atomic E-state index is 12.7. The minimum atomic E-state index is -0.123. The van der Waals surface area contributed by atoms with Crippen LogP contribution in [0.4, 0.5) is 10.8 Å². The van der Waals surface area contributed by atoms with E-state index in [1.807, 2.05) is 50.2 Å². The van der Waals surface area contributed by atoms with Crippen molar-refractivity contribution in [1.29, 1.82) is 0 Å². The number of thiazole rings is 1. The number of halogens is 1. The van der Waals surface area contributed by atoms with E-state index in [1.54, 1.807) is 17.0 Å². The number of aromatic nitrogens is 1. The molecule has 0 spiro atoms. The summed E-state index contributed by atoms with van der Waals surface area (Å²) < 4.78 is 1.06. The predicted molar refractivity (Wildman–Crippen MR) is 93.1 cm³/mol. The molecule has 0 bridgehead atoms. The van der Waals surface area contributed by atoms with E-state index in [1.165, 1.54) is 11.3 Å². The normalized spacial score (nSPS) is 11.1. The quantitative estimate of drug-likeness (QED) is 0.655. The highest BCUT2D eigenvalue weighted by molar-refractivity contribution is 7.22. The first-order chi connectivity index (χ1) is 10.6. The largest absolute Gasteiger partial charge is 0.274 e. The third-order valence-corrected chi connectivity index (χ3v) is 4.55. The van der Waals surface area contributed by atoms with Crippen LogP contribution in [0.3, 0.4) is 0 Å². The molecule has 3 nitrogen and oxygen atoms in total. The fourth-order valence-electron chi connectivity index (χ4n) is 2.14. The van der Waals surface area contributed by atoms with Crippen LogP contribution in [-0.4, -0.2) is 10.9 Å². The molecule has 0 saturated heterocycles. The van der Waals surface area contributed by atoms with Gasteiger partial charge >= 0.3 is 0 Å². The van der Waals surface area contributed by atoms with Gasteiger partial charge in [-0.05, 0) is 36.4 Å². The minimum Gasteiger partial charge on any atom is -0.274 e. The van der Waals surface area contributed by atoms with E-state index in [9.17, 15) is 4.79 Å². The summed E-state index contributed by atoms with van der Waals surface area (Å²) in [7, 11) is 0. The van der Waals surface area contributed by atoms with Crippen LogP contribution in [0.25, 0.3) is 10.2 Å². The molecule has 0 saturated carbocycles. The van der Waals surface area contributed by atoms with Gasteiger partial charge in [-0.15, -0.1) is 0 Å². The zero-order chi connectivity index (χ0) is 15.7. The number of hydrogen-bond acceptors (Lipinski definition) is 3. The minimum absolute atomic E-state index is 0.0152. The third-order valence-electron chi connectivity index (χ3n) is 3.27. The van der Waals surface area contributed by atoms with Crippen molar-refractivity contribution in [2.75, 3.05) is 4.90 Å². The molecule has 0 radical (unpaired) electrons. The van der Waals surface area contributed by atoms with Crippen LogP contribution >= 0.6 is 22.9 Å². The van der Waals surface area contributed by atoms with Crippen molar-refractivity contribution in [3.8, 4) is 0 Å². The Hall–Kier alpha value is -1.91. The first kappa shape index (κ1) is 15.0. The molecule has 1 amide bonds. The zero-order valence-electron chi connectivity index (χ0n) is 12.3. The summed E-state index contributed by atoms with van der Waals surface area (Å²) in [6.07, 6.45) is 0. The number of para-hydroxylation sites is 1. The fraction of sp³-hybridized carbons (Fsp3) is 0.176. The third kappa shape index (κ3) is 2.85. The molecule has 1 aromatic heterocycles. The Morgan fingerprint density at radius 2 is 1.82 bits per heavy atom. The average molecular weight is 331 g/mol. The second-order valence-electron chi connectivity index (χ2n) is 5.27. The molecule has 0 N–H and O–H groups in total. The maximum Gasteiger partial charge on any atom is 0.235 e. The van der Waals surface area contributed by atoms with Crippen LogP contribution in [0.15, 0.2) is 48.5 Å². The monoisotopic (exact) mass is 330 g/mol. The lowest BCUT2D eigenvalue weighted by Crippen LogP contribution is -2.29. The molecule has 0 aliphatic rings. The molecule has 0 atom stereocenters. The van der Waals surface area contributed by atoms with Crippen molar-refractivity contribution >= 4 is 49.9 Å². The van der Waals surface area contributed by atoms with Gasteiger partial charge in [0.05, 0.1) is 15.9 Å². The first-order valence-corrected chi connectivity index (χ1v) is 8.21. The second kappa shape index (κ2) is 6.07. The van der Waals surface area contributed by atoms with Gasteiger partial charge in [0.1, 0.15) is 0 Å². The lowest BCUT2D eigenvalue weighted by molar-refractivity contribution is -0.120. The van der Waals surface area contributed by atoms with E-state index in [-0.39, 0.29) is 11.8 Å². The molecular formula is C17H15ClN2OS. The topological polar surface area (TPSA) is 33.2 Å². The molecule has 1 heterocycles. The molecule has 22 heavy (non-hydrogen) atoms. The second-order valence-corrected chi connectivity index (χ2v) is 6.71. The summed E-state index contributed by atoms with van der Waals surface area (Å²) in [5.41, 5.74) is 1.68. The summed E-state index contributed by atoms with van der Waals surface area (Å²) in [5.74, 6) is -0.107. The number of rotatable bonds is 3. The highest BCUT2D eigenvalue weighted by Crippen LogP contribution is 2.34. The zero-order valence-corrected chi connectivity index (χ0v) is 13.9. The fourth-order valence-corrected chi connectivity index (χ4v) is 3.25. The molecule has 5 heteroatoms. The van der Waals surface area contributed by atoms with Crippen LogP contribution in [-0.2, 0) is 4.79 Å². The first-order valence-electron chi connectivity index (χ1n) is 7.01. The number of nitrogens with zero attached hydrogens (tertiary/aromatic N) is 2. The highest BCUT2D eigenvalue weighted by atomic mass is 35.5. The summed E-state index contributed by atoms with van der Waals surface area (Å²) in [5, 5.41) is 1.33. The van der Waals surface area contributed by atoms with Crippen molar-refractivity contribution < 1.29 is 4.79 Å². The van der Waals surface area contributed by atoms with E-state index in [2.05, 4.69) is 4.98 Å². The smallest absolute Gasteiger partial charge is 0.235 e. The Bertz CT molecular complexity index is 778. The van der Waals surface area contributed by atoms with Gasteiger partial charge in [0, 0.05) is 10.9 Å². The van der Waals surface area contributed by atoms with Gasteiger partial charge < -0.3 is 0 Å². The molecular weight excluding hydrogens is 316 g/mol. The Morgan fingerprint density at radius 3 is 2.45 bits per heavy atom. The number of anilines is 2. The lowest BCUT2D eigenvalue weighted by Gasteiger charge is -2.22. The van der Waals surface area contributed by atoms with Gasteiger partial charge in [-0.2, -0.15) is 0 Å². The van der Waals surface area contributed by atoms with Crippen LogP contribution in [0.1, 0.15) is 13.8 Å². The van der Waals surface area contributed by atoms with Crippen molar-refractivity contribution in [1.82, 2.24) is 4.98 Å². The van der Waals surface area contributed by atoms with Gasteiger partial charge in [0.2, 0.25) is 5.91 Å². The van der Waals surface area contributed by atoms with E-state index < -0.39 is 0 Å². The van der Waals surface area contributed by atoms with Gasteiger partial charge in [-0.1, -0.05) is 48.9 Å². The Kier molecular flexibility index (Phi) is 4.14. The molecule has 3 rings (SSSR count). The Morgan fingerprint density at radius 1 is 1.14 bits per heavy atom. The number of hydrogen-bond donors (Lipinski definition) is 0.